The maximum atomic E-state index is 13.1. The van der Waals surface area contributed by atoms with E-state index in [1.807, 2.05) is 26.0 Å². The van der Waals surface area contributed by atoms with Crippen molar-refractivity contribution in [1.82, 2.24) is 25.6 Å². The van der Waals surface area contributed by atoms with Crippen molar-refractivity contribution < 1.29 is 27.1 Å². The first-order valence-corrected chi connectivity index (χ1v) is 16.0. The van der Waals surface area contributed by atoms with Crippen molar-refractivity contribution in [2.45, 2.75) is 36.6 Å². The third-order valence-corrected chi connectivity index (χ3v) is 9.03. The largest absolute Gasteiger partial charge is 0.486 e. The minimum absolute atomic E-state index is 0.0888. The molecule has 0 unspecified atom stereocenters. The molecule has 4 rings (SSSR count). The molecule has 0 bridgehead atoms. The van der Waals surface area contributed by atoms with Crippen molar-refractivity contribution in [3.05, 3.63) is 119 Å². The lowest BCUT2D eigenvalue weighted by atomic mass is 10.0. The molecule has 0 spiro atoms. The molecule has 0 fully saturated rings. The number of amides is 2. The lowest BCUT2D eigenvalue weighted by molar-refractivity contribution is -0.124. The first-order valence-electron chi connectivity index (χ1n) is 13.7. The molecular weight excluding hydrogens is 620 g/mol. The smallest absolute Gasteiger partial charge is 0.261 e. The SMILES string of the molecule is C=C/C(C)=C/[C@@]1(C)SC(=C)C=C1OCC(=O)NCCn1cc(CNC(=O)c2ccc(NS(=O)(=O)c3ccc(F)cc3)cc2)nn1. The second kappa shape index (κ2) is 14.4. The number of halogens is 1. The summed E-state index contributed by atoms with van der Waals surface area (Å²) in [5.74, 6) is -0.570. The minimum atomic E-state index is -3.91. The zero-order valence-electron chi connectivity index (χ0n) is 24.7. The molecule has 1 aliphatic rings. The summed E-state index contributed by atoms with van der Waals surface area (Å²) in [4.78, 5) is 25.7. The fourth-order valence-electron chi connectivity index (χ4n) is 4.24. The zero-order chi connectivity index (χ0) is 32.6. The number of carbonyl (C=O) groups is 2. The van der Waals surface area contributed by atoms with Gasteiger partial charge >= 0.3 is 0 Å². The molecule has 45 heavy (non-hydrogen) atoms. The van der Waals surface area contributed by atoms with Gasteiger partial charge in [0.05, 0.1) is 28.9 Å². The van der Waals surface area contributed by atoms with E-state index in [1.165, 1.54) is 24.3 Å². The van der Waals surface area contributed by atoms with Crippen molar-refractivity contribution in [2.24, 2.45) is 0 Å². The number of nitrogens with zero attached hydrogens (tertiary/aromatic N) is 3. The average Bonchev–Trinajstić information content (AvgIpc) is 3.57. The normalized spacial score (nSPS) is 16.6. The van der Waals surface area contributed by atoms with Crippen LogP contribution in [0.1, 0.15) is 29.9 Å². The van der Waals surface area contributed by atoms with Gasteiger partial charge in [-0.25, -0.2) is 12.8 Å². The Bertz CT molecular complexity index is 1750. The first-order chi connectivity index (χ1) is 21.4. The van der Waals surface area contributed by atoms with Crippen LogP contribution < -0.4 is 15.4 Å². The molecule has 1 aromatic heterocycles. The van der Waals surface area contributed by atoms with E-state index in [9.17, 15) is 22.4 Å². The monoisotopic (exact) mass is 652 g/mol. The van der Waals surface area contributed by atoms with Crippen molar-refractivity contribution >= 4 is 39.3 Å². The van der Waals surface area contributed by atoms with Crippen molar-refractivity contribution in [2.75, 3.05) is 17.9 Å². The summed E-state index contributed by atoms with van der Waals surface area (Å²) in [6.07, 6.45) is 7.27. The van der Waals surface area contributed by atoms with Crippen LogP contribution in [0.15, 0.2) is 107 Å². The standard InChI is InChI=1S/C31H33FN6O5S2/c1-5-21(2)17-31(4)28(16-22(3)44-31)43-20-29(39)33-14-15-38-19-26(35-37-38)18-34-30(40)23-6-10-25(11-7-23)36-45(41,42)27-12-8-24(32)9-13-27/h5-13,16-17,19,36H,1,3,14-15,18,20H2,2,4H3,(H,33,39)(H,34,40)/b21-17+/t31-/m1/s1. The fraction of sp³-hybridized carbons (Fsp3) is 0.226. The third kappa shape index (κ3) is 9.16. The highest BCUT2D eigenvalue weighted by molar-refractivity contribution is 8.05. The highest BCUT2D eigenvalue weighted by atomic mass is 32.2. The van der Waals surface area contributed by atoms with Crippen LogP contribution in [0.3, 0.4) is 0 Å². The number of thioether (sulfide) groups is 1. The lowest BCUT2D eigenvalue weighted by Crippen LogP contribution is -2.32. The number of benzene rings is 2. The molecule has 11 nitrogen and oxygen atoms in total. The van der Waals surface area contributed by atoms with Crippen LogP contribution >= 0.6 is 11.8 Å². The van der Waals surface area contributed by atoms with Crippen molar-refractivity contribution in [1.29, 1.82) is 0 Å². The second-order valence-electron chi connectivity index (χ2n) is 10.2. The quantitative estimate of drug-likeness (QED) is 0.219. The van der Waals surface area contributed by atoms with E-state index in [2.05, 4.69) is 38.8 Å². The third-order valence-electron chi connectivity index (χ3n) is 6.51. The molecule has 14 heteroatoms. The molecule has 2 heterocycles. The van der Waals surface area contributed by atoms with E-state index in [-0.39, 0.29) is 29.6 Å². The number of rotatable bonds is 14. The van der Waals surface area contributed by atoms with Gasteiger partial charge in [-0.3, -0.25) is 19.0 Å². The molecule has 1 atom stereocenters. The van der Waals surface area contributed by atoms with E-state index in [1.54, 1.807) is 28.7 Å². The van der Waals surface area contributed by atoms with Crippen LogP contribution in [0.4, 0.5) is 10.1 Å². The summed E-state index contributed by atoms with van der Waals surface area (Å²) < 4.78 is 47.4. The second-order valence-corrected chi connectivity index (χ2v) is 13.5. The van der Waals surface area contributed by atoms with Gasteiger partial charge in [-0.05, 0) is 68.5 Å². The van der Waals surface area contributed by atoms with E-state index >= 15 is 0 Å². The summed E-state index contributed by atoms with van der Waals surface area (Å²) in [5.41, 5.74) is 2.05. The summed E-state index contributed by atoms with van der Waals surface area (Å²) in [7, 11) is -3.91. The topological polar surface area (TPSA) is 144 Å². The van der Waals surface area contributed by atoms with Gasteiger partial charge in [0.15, 0.2) is 6.61 Å². The predicted molar refractivity (Wildman–Crippen MR) is 171 cm³/mol. The number of nitrogens with one attached hydrogen (secondary N) is 3. The number of ether oxygens (including phenoxy) is 1. The highest BCUT2D eigenvalue weighted by Gasteiger charge is 2.35. The summed E-state index contributed by atoms with van der Waals surface area (Å²) in [6.45, 7) is 12.3. The Hall–Kier alpha value is -4.69. The lowest BCUT2D eigenvalue weighted by Gasteiger charge is -2.23. The van der Waals surface area contributed by atoms with E-state index < -0.39 is 26.5 Å². The first kappa shape index (κ1) is 33.2. The molecule has 0 saturated heterocycles. The van der Waals surface area contributed by atoms with Crippen LogP contribution in [-0.4, -0.2) is 53.1 Å². The number of hydrogen-bond acceptors (Lipinski definition) is 8. The van der Waals surface area contributed by atoms with Gasteiger partial charge in [-0.15, -0.1) is 16.9 Å². The molecule has 2 aromatic carbocycles. The predicted octanol–water partition coefficient (Wildman–Crippen LogP) is 4.32. The minimum Gasteiger partial charge on any atom is -0.486 e. The Morgan fingerprint density at radius 2 is 1.84 bits per heavy atom. The number of anilines is 1. The van der Waals surface area contributed by atoms with Gasteiger partial charge in [0.25, 0.3) is 21.8 Å². The number of sulfonamides is 1. The fourth-order valence-corrected chi connectivity index (χ4v) is 6.48. The molecule has 0 saturated carbocycles. The number of allylic oxidation sites excluding steroid dienone is 3. The van der Waals surface area contributed by atoms with Crippen LogP contribution in [0.5, 0.6) is 0 Å². The number of aromatic nitrogens is 3. The van der Waals surface area contributed by atoms with Gasteiger partial charge in [0.2, 0.25) is 0 Å². The van der Waals surface area contributed by atoms with Gasteiger partial charge < -0.3 is 15.4 Å². The Kier molecular flexibility index (Phi) is 10.6. The zero-order valence-corrected chi connectivity index (χ0v) is 26.4. The Morgan fingerprint density at radius 3 is 2.53 bits per heavy atom. The van der Waals surface area contributed by atoms with Gasteiger partial charge in [-0.2, -0.15) is 0 Å². The van der Waals surface area contributed by atoms with Crippen LogP contribution in [0, 0.1) is 5.82 Å². The summed E-state index contributed by atoms with van der Waals surface area (Å²) >= 11 is 1.55. The van der Waals surface area contributed by atoms with E-state index in [4.69, 9.17) is 4.74 Å². The molecule has 0 aliphatic carbocycles. The molecule has 1 aliphatic heterocycles. The number of carbonyl (C=O) groups excluding carboxylic acids is 2. The van der Waals surface area contributed by atoms with Crippen LogP contribution in [-0.2, 0) is 32.6 Å². The highest BCUT2D eigenvalue weighted by Crippen LogP contribution is 2.46. The molecule has 0 radical (unpaired) electrons. The maximum absolute atomic E-state index is 13.1. The number of hydrogen-bond donors (Lipinski definition) is 3. The van der Waals surface area contributed by atoms with E-state index in [0.29, 0.717) is 30.1 Å². The molecule has 2 amide bonds. The van der Waals surface area contributed by atoms with Gasteiger partial charge in [-0.1, -0.05) is 36.1 Å². The molecule has 236 valence electrons. The van der Waals surface area contributed by atoms with E-state index in [0.717, 1.165) is 34.7 Å². The van der Waals surface area contributed by atoms with Gasteiger partial charge in [0.1, 0.15) is 17.3 Å². The summed E-state index contributed by atoms with van der Waals surface area (Å²) in [5, 5.41) is 13.6. The Morgan fingerprint density at radius 1 is 1.13 bits per heavy atom. The van der Waals surface area contributed by atoms with Crippen molar-refractivity contribution in [3.63, 3.8) is 0 Å². The Labute approximate surface area is 265 Å². The van der Waals surface area contributed by atoms with Gasteiger partial charge in [0, 0.05) is 22.7 Å². The van der Waals surface area contributed by atoms with Crippen LogP contribution in [0.2, 0.25) is 0 Å². The summed E-state index contributed by atoms with van der Waals surface area (Å²) in [6, 6.07) is 10.3. The van der Waals surface area contributed by atoms with Crippen LogP contribution in [0.25, 0.3) is 0 Å². The molecule has 3 aromatic rings. The maximum Gasteiger partial charge on any atom is 0.261 e. The Balaban J connectivity index is 1.19. The average molecular weight is 653 g/mol. The molecular formula is C31H33FN6O5S2. The van der Waals surface area contributed by atoms with Crippen molar-refractivity contribution in [3.8, 4) is 0 Å². The molecule has 3 N–H and O–H groups in total.